The molecule has 0 nitrogen and oxygen atoms in total. The van der Waals surface area contributed by atoms with Gasteiger partial charge in [-0.2, -0.15) is 0 Å². The third-order valence-corrected chi connectivity index (χ3v) is 3.40. The molecule has 0 fully saturated rings. The number of alkyl halides is 1. The standard InChI is InChI=1S/C13H10ClFS/c14-9-3-4-10-7-8-13(16-10)11-5-1-2-6-12(11)15/h1-8H,9H2. The summed E-state index contributed by atoms with van der Waals surface area (Å²) in [5, 5.41) is 0. The Morgan fingerprint density at radius 3 is 2.75 bits per heavy atom. The van der Waals surface area contributed by atoms with Crippen molar-refractivity contribution in [1.29, 1.82) is 0 Å². The summed E-state index contributed by atoms with van der Waals surface area (Å²) in [5.74, 6) is 0.310. The normalized spacial score (nSPS) is 11.1. The molecule has 1 aromatic heterocycles. The van der Waals surface area contributed by atoms with Crippen LogP contribution >= 0.6 is 22.9 Å². The summed E-state index contributed by atoms with van der Waals surface area (Å²) < 4.78 is 13.5. The maximum Gasteiger partial charge on any atom is 0.131 e. The van der Waals surface area contributed by atoms with E-state index in [2.05, 4.69) is 0 Å². The minimum atomic E-state index is -0.183. The van der Waals surface area contributed by atoms with E-state index in [0.29, 0.717) is 11.4 Å². The van der Waals surface area contributed by atoms with Crippen LogP contribution in [0, 0.1) is 5.82 Å². The molecule has 0 bridgehead atoms. The molecule has 1 heterocycles. The summed E-state index contributed by atoms with van der Waals surface area (Å²) in [6.07, 6.45) is 3.82. The highest BCUT2D eigenvalue weighted by molar-refractivity contribution is 7.16. The number of benzene rings is 1. The molecule has 82 valence electrons. The summed E-state index contributed by atoms with van der Waals surface area (Å²) in [4.78, 5) is 2.02. The van der Waals surface area contributed by atoms with E-state index in [4.69, 9.17) is 11.6 Å². The molecule has 0 radical (unpaired) electrons. The SMILES string of the molecule is Fc1ccccc1-c1ccc(C=CCCl)s1. The molecule has 0 aliphatic rings. The average Bonchev–Trinajstić information content (AvgIpc) is 2.75. The lowest BCUT2D eigenvalue weighted by molar-refractivity contribution is 0.631. The van der Waals surface area contributed by atoms with Gasteiger partial charge in [0.2, 0.25) is 0 Å². The topological polar surface area (TPSA) is 0 Å². The van der Waals surface area contributed by atoms with Gasteiger partial charge in [0.25, 0.3) is 0 Å². The number of thiophene rings is 1. The van der Waals surface area contributed by atoms with E-state index in [1.54, 1.807) is 23.5 Å². The van der Waals surface area contributed by atoms with Crippen LogP contribution in [-0.2, 0) is 0 Å². The van der Waals surface area contributed by atoms with E-state index in [9.17, 15) is 4.39 Å². The van der Waals surface area contributed by atoms with E-state index in [0.717, 1.165) is 9.75 Å². The van der Waals surface area contributed by atoms with Gasteiger partial charge < -0.3 is 0 Å². The molecular weight excluding hydrogens is 243 g/mol. The first kappa shape index (κ1) is 11.4. The number of allylic oxidation sites excluding steroid dienone is 1. The predicted molar refractivity (Wildman–Crippen MR) is 69.5 cm³/mol. The van der Waals surface area contributed by atoms with Gasteiger partial charge in [0.15, 0.2) is 0 Å². The largest absolute Gasteiger partial charge is 0.206 e. The van der Waals surface area contributed by atoms with Crippen LogP contribution in [0.1, 0.15) is 4.88 Å². The van der Waals surface area contributed by atoms with Gasteiger partial charge >= 0.3 is 0 Å². The quantitative estimate of drug-likeness (QED) is 0.688. The van der Waals surface area contributed by atoms with Crippen LogP contribution in [0.25, 0.3) is 16.5 Å². The summed E-state index contributed by atoms with van der Waals surface area (Å²) in [6.45, 7) is 0. The van der Waals surface area contributed by atoms with Crippen molar-refractivity contribution in [3.8, 4) is 10.4 Å². The second-order valence-electron chi connectivity index (χ2n) is 3.24. The van der Waals surface area contributed by atoms with Crippen molar-refractivity contribution < 1.29 is 4.39 Å². The van der Waals surface area contributed by atoms with Crippen LogP contribution in [0.2, 0.25) is 0 Å². The molecule has 16 heavy (non-hydrogen) atoms. The van der Waals surface area contributed by atoms with Gasteiger partial charge in [-0.05, 0) is 24.3 Å². The fraction of sp³-hybridized carbons (Fsp3) is 0.0769. The Kier molecular flexibility index (Phi) is 3.75. The Bertz CT molecular complexity index is 502. The molecule has 2 aromatic rings. The highest BCUT2D eigenvalue weighted by atomic mass is 35.5. The van der Waals surface area contributed by atoms with Crippen LogP contribution in [0.5, 0.6) is 0 Å². The number of halogens is 2. The van der Waals surface area contributed by atoms with Gasteiger partial charge in [0, 0.05) is 21.2 Å². The number of hydrogen-bond acceptors (Lipinski definition) is 1. The predicted octanol–water partition coefficient (Wildman–Crippen LogP) is 4.81. The first-order chi connectivity index (χ1) is 7.81. The van der Waals surface area contributed by atoms with Gasteiger partial charge in [0.05, 0.1) is 0 Å². The smallest absolute Gasteiger partial charge is 0.131 e. The Morgan fingerprint density at radius 1 is 1.19 bits per heavy atom. The maximum absolute atomic E-state index is 13.5. The fourth-order valence-corrected chi connectivity index (χ4v) is 2.46. The molecule has 2 rings (SSSR count). The van der Waals surface area contributed by atoms with E-state index < -0.39 is 0 Å². The summed E-state index contributed by atoms with van der Waals surface area (Å²) in [6, 6.07) is 10.7. The minimum Gasteiger partial charge on any atom is -0.206 e. The first-order valence-electron chi connectivity index (χ1n) is 4.88. The van der Waals surface area contributed by atoms with Crippen molar-refractivity contribution >= 4 is 29.0 Å². The maximum atomic E-state index is 13.5. The first-order valence-corrected chi connectivity index (χ1v) is 6.23. The zero-order valence-electron chi connectivity index (χ0n) is 8.49. The molecule has 0 spiro atoms. The molecule has 0 atom stereocenters. The lowest BCUT2D eigenvalue weighted by atomic mass is 10.2. The molecular formula is C13H10ClFS. The molecule has 0 aliphatic heterocycles. The van der Waals surface area contributed by atoms with Crippen LogP contribution in [0.3, 0.4) is 0 Å². The lowest BCUT2D eigenvalue weighted by Gasteiger charge is -1.97. The van der Waals surface area contributed by atoms with E-state index in [1.807, 2.05) is 30.4 Å². The highest BCUT2D eigenvalue weighted by Gasteiger charge is 2.05. The van der Waals surface area contributed by atoms with E-state index in [1.165, 1.54) is 6.07 Å². The zero-order chi connectivity index (χ0) is 11.4. The molecule has 0 unspecified atom stereocenters. The van der Waals surface area contributed by atoms with Crippen molar-refractivity contribution in [3.63, 3.8) is 0 Å². The molecule has 0 aliphatic carbocycles. The average molecular weight is 253 g/mol. The number of hydrogen-bond donors (Lipinski definition) is 0. The van der Waals surface area contributed by atoms with Gasteiger partial charge in [0.1, 0.15) is 5.82 Å². The highest BCUT2D eigenvalue weighted by Crippen LogP contribution is 2.30. The minimum absolute atomic E-state index is 0.183. The van der Waals surface area contributed by atoms with Crippen molar-refractivity contribution in [2.45, 2.75) is 0 Å². The van der Waals surface area contributed by atoms with Crippen molar-refractivity contribution in [3.05, 3.63) is 53.2 Å². The van der Waals surface area contributed by atoms with Gasteiger partial charge in [-0.25, -0.2) is 4.39 Å². The van der Waals surface area contributed by atoms with Crippen molar-refractivity contribution in [2.75, 3.05) is 5.88 Å². The number of rotatable bonds is 3. The van der Waals surface area contributed by atoms with Crippen LogP contribution in [-0.4, -0.2) is 5.88 Å². The molecule has 0 amide bonds. The van der Waals surface area contributed by atoms with Crippen LogP contribution in [0.4, 0.5) is 4.39 Å². The molecule has 0 saturated carbocycles. The fourth-order valence-electron chi connectivity index (χ4n) is 1.41. The second-order valence-corrected chi connectivity index (χ2v) is 4.66. The Morgan fingerprint density at radius 2 is 2.00 bits per heavy atom. The van der Waals surface area contributed by atoms with E-state index in [-0.39, 0.29) is 5.82 Å². The summed E-state index contributed by atoms with van der Waals surface area (Å²) in [5.41, 5.74) is 0.651. The summed E-state index contributed by atoms with van der Waals surface area (Å²) >= 11 is 7.11. The molecule has 1 aromatic carbocycles. The van der Waals surface area contributed by atoms with E-state index >= 15 is 0 Å². The third-order valence-electron chi connectivity index (χ3n) is 2.14. The van der Waals surface area contributed by atoms with Crippen molar-refractivity contribution in [2.24, 2.45) is 0 Å². The van der Waals surface area contributed by atoms with Crippen LogP contribution in [0.15, 0.2) is 42.5 Å². The van der Waals surface area contributed by atoms with Gasteiger partial charge in [-0.1, -0.05) is 24.3 Å². The molecule has 3 heteroatoms. The van der Waals surface area contributed by atoms with Gasteiger partial charge in [-0.3, -0.25) is 0 Å². The Hall–Kier alpha value is -1.12. The molecule has 0 saturated heterocycles. The van der Waals surface area contributed by atoms with Crippen LogP contribution < -0.4 is 0 Å². The van der Waals surface area contributed by atoms with Gasteiger partial charge in [-0.15, -0.1) is 22.9 Å². The lowest BCUT2D eigenvalue weighted by Crippen LogP contribution is -1.78. The monoisotopic (exact) mass is 252 g/mol. The third kappa shape index (κ3) is 2.52. The van der Waals surface area contributed by atoms with Crippen molar-refractivity contribution in [1.82, 2.24) is 0 Å². The zero-order valence-corrected chi connectivity index (χ0v) is 10.1. The Labute approximate surface area is 103 Å². The molecule has 0 N–H and O–H groups in total. The second kappa shape index (κ2) is 5.28. The Balaban J connectivity index is 2.32. The summed E-state index contributed by atoms with van der Waals surface area (Å²) in [7, 11) is 0.